The van der Waals surface area contributed by atoms with E-state index < -0.39 is 0 Å². The SMILES string of the molecule is COc1ccc(CNc2cc(C)c(O)cc2C)c(OC)c1. The Balaban J connectivity index is 2.18. The largest absolute Gasteiger partial charge is 0.508 e. The number of hydrogen-bond donors (Lipinski definition) is 2. The Kier molecular flexibility index (Phi) is 4.58. The van der Waals surface area contributed by atoms with Gasteiger partial charge >= 0.3 is 0 Å². The van der Waals surface area contributed by atoms with E-state index in [2.05, 4.69) is 5.32 Å². The van der Waals surface area contributed by atoms with Gasteiger partial charge in [-0.1, -0.05) is 0 Å². The molecule has 0 aliphatic carbocycles. The van der Waals surface area contributed by atoms with Crippen LogP contribution in [-0.4, -0.2) is 19.3 Å². The summed E-state index contributed by atoms with van der Waals surface area (Å²) < 4.78 is 10.6. The van der Waals surface area contributed by atoms with Gasteiger partial charge in [0.25, 0.3) is 0 Å². The molecule has 0 heterocycles. The number of phenols is 1. The molecule has 4 nitrogen and oxygen atoms in total. The van der Waals surface area contributed by atoms with E-state index in [4.69, 9.17) is 9.47 Å². The first-order valence-electron chi connectivity index (χ1n) is 6.80. The van der Waals surface area contributed by atoms with Crippen molar-refractivity contribution >= 4 is 5.69 Å². The molecule has 0 saturated carbocycles. The molecule has 0 aromatic heterocycles. The topological polar surface area (TPSA) is 50.7 Å². The smallest absolute Gasteiger partial charge is 0.127 e. The first kappa shape index (κ1) is 15.0. The van der Waals surface area contributed by atoms with E-state index in [9.17, 15) is 5.11 Å². The molecule has 0 amide bonds. The molecule has 112 valence electrons. The first-order chi connectivity index (χ1) is 10.0. The van der Waals surface area contributed by atoms with Gasteiger partial charge in [0.15, 0.2) is 0 Å². The van der Waals surface area contributed by atoms with Gasteiger partial charge in [-0.3, -0.25) is 0 Å². The Bertz CT molecular complexity index is 638. The summed E-state index contributed by atoms with van der Waals surface area (Å²) >= 11 is 0. The zero-order chi connectivity index (χ0) is 15.4. The van der Waals surface area contributed by atoms with Crippen LogP contribution in [0, 0.1) is 13.8 Å². The van der Waals surface area contributed by atoms with E-state index in [0.717, 1.165) is 33.9 Å². The van der Waals surface area contributed by atoms with Crippen molar-refractivity contribution in [2.24, 2.45) is 0 Å². The molecule has 0 spiro atoms. The zero-order valence-corrected chi connectivity index (χ0v) is 12.9. The summed E-state index contributed by atoms with van der Waals surface area (Å²) in [7, 11) is 3.28. The third-order valence-corrected chi connectivity index (χ3v) is 3.51. The van der Waals surface area contributed by atoms with E-state index in [1.807, 2.05) is 38.1 Å². The van der Waals surface area contributed by atoms with Crippen molar-refractivity contribution in [3.63, 3.8) is 0 Å². The van der Waals surface area contributed by atoms with Gasteiger partial charge in [-0.25, -0.2) is 0 Å². The van der Waals surface area contributed by atoms with Gasteiger partial charge in [0.1, 0.15) is 17.2 Å². The number of anilines is 1. The fourth-order valence-electron chi connectivity index (χ4n) is 2.18. The van der Waals surface area contributed by atoms with E-state index in [-0.39, 0.29) is 0 Å². The Morgan fingerprint density at radius 3 is 2.43 bits per heavy atom. The average molecular weight is 287 g/mol. The van der Waals surface area contributed by atoms with Crippen molar-refractivity contribution < 1.29 is 14.6 Å². The highest BCUT2D eigenvalue weighted by Crippen LogP contribution is 2.28. The fourth-order valence-corrected chi connectivity index (χ4v) is 2.18. The molecule has 21 heavy (non-hydrogen) atoms. The minimum atomic E-state index is 0.320. The van der Waals surface area contributed by atoms with Gasteiger partial charge in [0, 0.05) is 23.9 Å². The molecule has 0 aliphatic heterocycles. The van der Waals surface area contributed by atoms with Gasteiger partial charge in [-0.15, -0.1) is 0 Å². The van der Waals surface area contributed by atoms with Crippen LogP contribution in [0.4, 0.5) is 5.69 Å². The van der Waals surface area contributed by atoms with Crippen LogP contribution < -0.4 is 14.8 Å². The van der Waals surface area contributed by atoms with Crippen LogP contribution in [-0.2, 0) is 6.54 Å². The maximum Gasteiger partial charge on any atom is 0.127 e. The number of rotatable bonds is 5. The third kappa shape index (κ3) is 3.40. The highest BCUT2D eigenvalue weighted by molar-refractivity contribution is 5.57. The summed E-state index contributed by atoms with van der Waals surface area (Å²) in [6.45, 7) is 4.49. The Labute approximate surface area is 125 Å². The second-order valence-electron chi connectivity index (χ2n) is 4.98. The van der Waals surface area contributed by atoms with Crippen LogP contribution in [0.3, 0.4) is 0 Å². The lowest BCUT2D eigenvalue weighted by Crippen LogP contribution is -2.03. The van der Waals surface area contributed by atoms with Crippen LogP contribution in [0.25, 0.3) is 0 Å². The number of nitrogens with one attached hydrogen (secondary N) is 1. The molecular weight excluding hydrogens is 266 g/mol. The van der Waals surface area contributed by atoms with Gasteiger partial charge in [-0.05, 0) is 49.2 Å². The molecule has 0 unspecified atom stereocenters. The van der Waals surface area contributed by atoms with Crippen LogP contribution in [0.15, 0.2) is 30.3 Å². The lowest BCUT2D eigenvalue weighted by atomic mass is 10.1. The summed E-state index contributed by atoms with van der Waals surface area (Å²) in [5.74, 6) is 1.88. The van der Waals surface area contributed by atoms with E-state index in [0.29, 0.717) is 12.3 Å². The number of phenolic OH excluding ortho intramolecular Hbond substituents is 1. The number of aryl methyl sites for hydroxylation is 2. The standard InChI is InChI=1S/C17H21NO3/c1-11-8-16(19)12(2)7-15(11)18-10-13-5-6-14(20-3)9-17(13)21-4/h5-9,18-19H,10H2,1-4H3. The van der Waals surface area contributed by atoms with Crippen LogP contribution >= 0.6 is 0 Å². The predicted octanol–water partition coefficient (Wildman–Crippen LogP) is 3.64. The van der Waals surface area contributed by atoms with Gasteiger partial charge < -0.3 is 19.9 Å². The summed E-state index contributed by atoms with van der Waals surface area (Å²) in [5.41, 5.74) is 3.90. The number of benzene rings is 2. The van der Waals surface area contributed by atoms with Gasteiger partial charge in [-0.2, -0.15) is 0 Å². The molecule has 0 aliphatic rings. The minimum absolute atomic E-state index is 0.320. The molecule has 2 aromatic carbocycles. The first-order valence-corrected chi connectivity index (χ1v) is 6.80. The van der Waals surface area contributed by atoms with Crippen molar-refractivity contribution in [2.75, 3.05) is 19.5 Å². The Morgan fingerprint density at radius 1 is 1.00 bits per heavy atom. The molecule has 0 bridgehead atoms. The lowest BCUT2D eigenvalue weighted by Gasteiger charge is -2.14. The van der Waals surface area contributed by atoms with Crippen molar-refractivity contribution in [2.45, 2.75) is 20.4 Å². The van der Waals surface area contributed by atoms with E-state index in [1.54, 1.807) is 20.3 Å². The van der Waals surface area contributed by atoms with Gasteiger partial charge in [0.05, 0.1) is 14.2 Å². The van der Waals surface area contributed by atoms with E-state index >= 15 is 0 Å². The highest BCUT2D eigenvalue weighted by atomic mass is 16.5. The summed E-state index contributed by atoms with van der Waals surface area (Å²) in [5, 5.41) is 13.1. The van der Waals surface area contributed by atoms with Crippen LogP contribution in [0.2, 0.25) is 0 Å². The monoisotopic (exact) mass is 287 g/mol. The normalized spacial score (nSPS) is 10.3. The second-order valence-corrected chi connectivity index (χ2v) is 4.98. The summed E-state index contributed by atoms with van der Waals surface area (Å²) in [6.07, 6.45) is 0. The lowest BCUT2D eigenvalue weighted by molar-refractivity contribution is 0.391. The molecule has 0 atom stereocenters. The molecule has 4 heteroatoms. The quantitative estimate of drug-likeness (QED) is 0.824. The van der Waals surface area contributed by atoms with Crippen LogP contribution in [0.5, 0.6) is 17.2 Å². The van der Waals surface area contributed by atoms with Crippen molar-refractivity contribution in [1.82, 2.24) is 0 Å². The Hall–Kier alpha value is -2.36. The highest BCUT2D eigenvalue weighted by Gasteiger charge is 2.07. The molecule has 0 radical (unpaired) electrons. The molecule has 2 rings (SSSR count). The zero-order valence-electron chi connectivity index (χ0n) is 12.9. The number of hydrogen-bond acceptors (Lipinski definition) is 4. The summed E-state index contributed by atoms with van der Waals surface area (Å²) in [4.78, 5) is 0. The molecule has 0 saturated heterocycles. The third-order valence-electron chi connectivity index (χ3n) is 3.51. The molecule has 2 aromatic rings. The van der Waals surface area contributed by atoms with Gasteiger partial charge in [0.2, 0.25) is 0 Å². The van der Waals surface area contributed by atoms with Crippen molar-refractivity contribution in [1.29, 1.82) is 0 Å². The number of methoxy groups -OCH3 is 2. The van der Waals surface area contributed by atoms with Crippen molar-refractivity contribution in [3.8, 4) is 17.2 Å². The maximum absolute atomic E-state index is 9.69. The second kappa shape index (κ2) is 6.39. The van der Waals surface area contributed by atoms with E-state index in [1.165, 1.54) is 0 Å². The van der Waals surface area contributed by atoms with Crippen LogP contribution in [0.1, 0.15) is 16.7 Å². The number of aromatic hydroxyl groups is 1. The Morgan fingerprint density at radius 2 is 1.76 bits per heavy atom. The average Bonchev–Trinajstić information content (AvgIpc) is 2.49. The molecule has 0 fully saturated rings. The predicted molar refractivity (Wildman–Crippen MR) is 84.5 cm³/mol. The molecule has 2 N–H and O–H groups in total. The molecular formula is C17H21NO3. The minimum Gasteiger partial charge on any atom is -0.508 e. The number of ether oxygens (including phenoxy) is 2. The maximum atomic E-state index is 9.69. The van der Waals surface area contributed by atoms with Crippen molar-refractivity contribution in [3.05, 3.63) is 47.0 Å². The summed E-state index contributed by atoms with van der Waals surface area (Å²) in [6, 6.07) is 9.47. The fraction of sp³-hybridized carbons (Fsp3) is 0.294.